The van der Waals surface area contributed by atoms with E-state index < -0.39 is 0 Å². The summed E-state index contributed by atoms with van der Waals surface area (Å²) in [5.41, 5.74) is 1.97. The van der Waals surface area contributed by atoms with Crippen molar-refractivity contribution in [2.45, 2.75) is 36.9 Å². The molecule has 2 aromatic carbocycles. The lowest BCUT2D eigenvalue weighted by molar-refractivity contribution is -0.119. The molecule has 5 rings (SSSR count). The number of aromatic nitrogens is 3. The third kappa shape index (κ3) is 4.00. The van der Waals surface area contributed by atoms with Crippen molar-refractivity contribution in [3.63, 3.8) is 0 Å². The number of fused-ring (bicyclic) bond motifs is 1. The van der Waals surface area contributed by atoms with Crippen LogP contribution in [0.15, 0.2) is 53.7 Å². The largest absolute Gasteiger partial charge is 0.454 e. The first kappa shape index (κ1) is 19.0. The van der Waals surface area contributed by atoms with Gasteiger partial charge in [-0.05, 0) is 49.6 Å². The summed E-state index contributed by atoms with van der Waals surface area (Å²) in [4.78, 5) is 17.2. The number of nitrogens with one attached hydrogen (secondary N) is 1. The third-order valence-electron chi connectivity index (χ3n) is 5.16. The van der Waals surface area contributed by atoms with E-state index in [1.807, 2.05) is 60.1 Å². The summed E-state index contributed by atoms with van der Waals surface area (Å²) in [5.74, 6) is 3.10. The van der Waals surface area contributed by atoms with Crippen molar-refractivity contribution in [3.8, 4) is 17.2 Å². The molecule has 0 spiro atoms. The van der Waals surface area contributed by atoms with Gasteiger partial charge in [-0.25, -0.2) is 9.67 Å². The molecule has 1 N–H and O–H groups in total. The van der Waals surface area contributed by atoms with Crippen LogP contribution in [0.2, 0.25) is 0 Å². The fraction of sp³-hybridized carbons (Fsp3) is 0.318. The zero-order valence-corrected chi connectivity index (χ0v) is 17.4. The molecule has 1 aliphatic heterocycles. The molecule has 0 unspecified atom stereocenters. The van der Waals surface area contributed by atoms with Crippen molar-refractivity contribution in [1.82, 2.24) is 20.1 Å². The summed E-state index contributed by atoms with van der Waals surface area (Å²) < 4.78 is 12.7. The van der Waals surface area contributed by atoms with Crippen LogP contribution in [0.5, 0.6) is 11.5 Å². The molecule has 154 valence electrons. The predicted molar refractivity (Wildman–Crippen MR) is 113 cm³/mol. The normalized spacial score (nSPS) is 15.8. The van der Waals surface area contributed by atoms with Gasteiger partial charge in [-0.1, -0.05) is 36.0 Å². The highest BCUT2D eigenvalue weighted by Crippen LogP contribution is 2.40. The van der Waals surface area contributed by atoms with Crippen molar-refractivity contribution >= 4 is 17.7 Å². The Kier molecular flexibility index (Phi) is 5.08. The van der Waals surface area contributed by atoms with E-state index in [-0.39, 0.29) is 24.5 Å². The van der Waals surface area contributed by atoms with Gasteiger partial charge in [-0.3, -0.25) is 4.79 Å². The first-order chi connectivity index (χ1) is 14.7. The van der Waals surface area contributed by atoms with Crippen LogP contribution in [0.1, 0.15) is 43.1 Å². The quantitative estimate of drug-likeness (QED) is 0.583. The van der Waals surface area contributed by atoms with E-state index in [0.717, 1.165) is 35.7 Å². The van der Waals surface area contributed by atoms with Gasteiger partial charge >= 0.3 is 0 Å². The Labute approximate surface area is 178 Å². The number of benzene rings is 2. The first-order valence-corrected chi connectivity index (χ1v) is 11.0. The number of para-hydroxylation sites is 1. The highest BCUT2D eigenvalue weighted by molar-refractivity contribution is 7.99. The van der Waals surface area contributed by atoms with E-state index in [9.17, 15) is 4.79 Å². The van der Waals surface area contributed by atoms with Crippen LogP contribution < -0.4 is 14.8 Å². The number of carbonyl (C=O) groups is 1. The molecule has 1 amide bonds. The highest BCUT2D eigenvalue weighted by Gasteiger charge is 2.30. The van der Waals surface area contributed by atoms with Crippen molar-refractivity contribution < 1.29 is 14.3 Å². The fourth-order valence-electron chi connectivity index (χ4n) is 3.41. The second-order valence-corrected chi connectivity index (χ2v) is 8.41. The number of hydrogen-bond donors (Lipinski definition) is 1. The molecular weight excluding hydrogens is 400 g/mol. The molecule has 1 aliphatic carbocycles. The SMILES string of the molecule is C[C@H](NC(=O)CSc1nc(C2CC2)n(-c2ccccc2)n1)c1ccc2c(c1)OCO2. The Bertz CT molecular complexity index is 1070. The van der Waals surface area contributed by atoms with Crippen LogP contribution in [-0.2, 0) is 4.79 Å². The molecule has 8 heteroatoms. The Morgan fingerprint density at radius 3 is 2.80 bits per heavy atom. The maximum Gasteiger partial charge on any atom is 0.231 e. The number of ether oxygens (including phenoxy) is 2. The summed E-state index contributed by atoms with van der Waals surface area (Å²) in [7, 11) is 0. The van der Waals surface area contributed by atoms with Crippen molar-refractivity contribution in [3.05, 3.63) is 59.9 Å². The summed E-state index contributed by atoms with van der Waals surface area (Å²) in [5, 5.41) is 8.31. The van der Waals surface area contributed by atoms with Crippen LogP contribution in [0.4, 0.5) is 0 Å². The zero-order valence-electron chi connectivity index (χ0n) is 16.6. The lowest BCUT2D eigenvalue weighted by atomic mass is 10.1. The predicted octanol–water partition coefficient (Wildman–Crippen LogP) is 3.84. The second-order valence-electron chi connectivity index (χ2n) is 7.46. The van der Waals surface area contributed by atoms with E-state index in [1.54, 1.807) is 0 Å². The summed E-state index contributed by atoms with van der Waals surface area (Å²) in [6, 6.07) is 15.6. The maximum atomic E-state index is 12.5. The van der Waals surface area contributed by atoms with Crippen LogP contribution in [-0.4, -0.2) is 33.2 Å². The number of carbonyl (C=O) groups excluding carboxylic acids is 1. The Balaban J connectivity index is 1.22. The van der Waals surface area contributed by atoms with Gasteiger partial charge in [-0.15, -0.1) is 5.10 Å². The van der Waals surface area contributed by atoms with Crippen LogP contribution in [0.25, 0.3) is 5.69 Å². The Morgan fingerprint density at radius 1 is 1.20 bits per heavy atom. The standard InChI is InChI=1S/C22H22N4O3S/c1-14(16-9-10-18-19(11-16)29-13-28-18)23-20(27)12-30-22-24-21(15-7-8-15)26(25-22)17-5-3-2-4-6-17/h2-6,9-11,14-15H,7-8,12-13H2,1H3,(H,23,27)/t14-/m0/s1. The number of amides is 1. The van der Waals surface area contributed by atoms with Crippen LogP contribution in [0, 0.1) is 0 Å². The molecule has 3 aromatic rings. The monoisotopic (exact) mass is 422 g/mol. The molecule has 1 atom stereocenters. The van der Waals surface area contributed by atoms with Gasteiger partial charge in [0.1, 0.15) is 5.82 Å². The third-order valence-corrected chi connectivity index (χ3v) is 6.00. The number of thioether (sulfide) groups is 1. The lowest BCUT2D eigenvalue weighted by Gasteiger charge is -2.14. The molecule has 0 radical (unpaired) electrons. The van der Waals surface area contributed by atoms with Gasteiger partial charge in [0.15, 0.2) is 11.5 Å². The smallest absolute Gasteiger partial charge is 0.231 e. The van der Waals surface area contributed by atoms with Gasteiger partial charge in [0.25, 0.3) is 0 Å². The minimum atomic E-state index is -0.135. The minimum absolute atomic E-state index is 0.0609. The average molecular weight is 423 g/mol. The first-order valence-electron chi connectivity index (χ1n) is 10.0. The van der Waals surface area contributed by atoms with Crippen molar-refractivity contribution in [1.29, 1.82) is 0 Å². The van der Waals surface area contributed by atoms with Crippen LogP contribution >= 0.6 is 11.8 Å². The van der Waals surface area contributed by atoms with E-state index >= 15 is 0 Å². The second kappa shape index (κ2) is 8.02. The number of rotatable bonds is 7. The molecule has 1 aromatic heterocycles. The molecule has 7 nitrogen and oxygen atoms in total. The Morgan fingerprint density at radius 2 is 2.00 bits per heavy atom. The van der Waals surface area contributed by atoms with Gasteiger partial charge in [0.05, 0.1) is 17.5 Å². The van der Waals surface area contributed by atoms with E-state index in [2.05, 4.69) is 10.4 Å². The Hall–Kier alpha value is -3.00. The highest BCUT2D eigenvalue weighted by atomic mass is 32.2. The van der Waals surface area contributed by atoms with Crippen LogP contribution in [0.3, 0.4) is 0 Å². The van der Waals surface area contributed by atoms with Gasteiger partial charge in [-0.2, -0.15) is 0 Å². The molecular formula is C22H22N4O3S. The lowest BCUT2D eigenvalue weighted by Crippen LogP contribution is -2.28. The molecule has 2 aliphatic rings. The zero-order chi connectivity index (χ0) is 20.5. The minimum Gasteiger partial charge on any atom is -0.454 e. The summed E-state index contributed by atoms with van der Waals surface area (Å²) >= 11 is 1.36. The van der Waals surface area contributed by atoms with Gasteiger partial charge in [0, 0.05) is 5.92 Å². The number of hydrogen-bond acceptors (Lipinski definition) is 6. The van der Waals surface area contributed by atoms with Crippen molar-refractivity contribution in [2.24, 2.45) is 0 Å². The van der Waals surface area contributed by atoms with Gasteiger partial charge in [0.2, 0.25) is 17.9 Å². The average Bonchev–Trinajstić information content (AvgIpc) is 3.34. The summed E-state index contributed by atoms with van der Waals surface area (Å²) in [6.45, 7) is 2.19. The van der Waals surface area contributed by atoms with E-state index in [4.69, 9.17) is 14.5 Å². The topological polar surface area (TPSA) is 78.3 Å². The van der Waals surface area contributed by atoms with Gasteiger partial charge < -0.3 is 14.8 Å². The molecule has 1 saturated carbocycles. The molecule has 0 saturated heterocycles. The molecule has 2 heterocycles. The molecule has 1 fully saturated rings. The molecule has 30 heavy (non-hydrogen) atoms. The fourth-order valence-corrected chi connectivity index (χ4v) is 4.05. The van der Waals surface area contributed by atoms with E-state index in [1.165, 1.54) is 11.8 Å². The summed E-state index contributed by atoms with van der Waals surface area (Å²) in [6.07, 6.45) is 2.28. The van der Waals surface area contributed by atoms with Crippen molar-refractivity contribution in [2.75, 3.05) is 12.5 Å². The van der Waals surface area contributed by atoms with E-state index in [0.29, 0.717) is 16.8 Å². The maximum absolute atomic E-state index is 12.5. The molecule has 0 bridgehead atoms. The number of nitrogens with zero attached hydrogens (tertiary/aromatic N) is 3.